The molecular formula is C14H23N3O2. The highest BCUT2D eigenvalue weighted by atomic mass is 16.3. The van der Waals surface area contributed by atoms with Crippen molar-refractivity contribution in [2.75, 3.05) is 26.2 Å². The van der Waals surface area contributed by atoms with Crippen LogP contribution < -0.4 is 5.32 Å². The van der Waals surface area contributed by atoms with Gasteiger partial charge in [0, 0.05) is 6.54 Å². The van der Waals surface area contributed by atoms with Crippen molar-refractivity contribution in [3.63, 3.8) is 0 Å². The molecule has 2 heterocycles. The molecule has 0 aromatic carbocycles. The van der Waals surface area contributed by atoms with Gasteiger partial charge in [0.15, 0.2) is 6.39 Å². The number of hydrogen-bond acceptors (Lipinski definition) is 4. The molecule has 1 N–H and O–H groups in total. The molecule has 0 radical (unpaired) electrons. The van der Waals surface area contributed by atoms with E-state index in [-0.39, 0.29) is 11.7 Å². The van der Waals surface area contributed by atoms with Gasteiger partial charge >= 0.3 is 0 Å². The molecule has 1 fully saturated rings. The second kappa shape index (κ2) is 7.94. The molecule has 1 aliphatic rings. The quantitative estimate of drug-likeness (QED) is 0.800. The molecule has 1 aliphatic heterocycles. The topological polar surface area (TPSA) is 58.4 Å². The molecule has 0 atom stereocenters. The van der Waals surface area contributed by atoms with E-state index in [4.69, 9.17) is 4.42 Å². The fourth-order valence-electron chi connectivity index (χ4n) is 2.44. The maximum Gasteiger partial charge on any atom is 0.288 e. The van der Waals surface area contributed by atoms with Crippen molar-refractivity contribution in [3.05, 3.63) is 18.4 Å². The zero-order valence-electron chi connectivity index (χ0n) is 11.4. The number of rotatable bonds is 6. The molecule has 0 bridgehead atoms. The normalized spacial score (nSPS) is 17.1. The molecule has 1 aromatic heterocycles. The van der Waals surface area contributed by atoms with Gasteiger partial charge in [0.25, 0.3) is 5.91 Å². The lowest BCUT2D eigenvalue weighted by Crippen LogP contribution is -2.28. The van der Waals surface area contributed by atoms with Crippen molar-refractivity contribution in [1.29, 1.82) is 0 Å². The molecule has 2 rings (SSSR count). The summed E-state index contributed by atoms with van der Waals surface area (Å²) in [6.45, 7) is 4.33. The van der Waals surface area contributed by atoms with Crippen molar-refractivity contribution in [3.8, 4) is 0 Å². The predicted molar refractivity (Wildman–Crippen MR) is 73.0 cm³/mol. The molecule has 0 spiro atoms. The van der Waals surface area contributed by atoms with Gasteiger partial charge in [-0.2, -0.15) is 0 Å². The number of nitrogens with zero attached hydrogens (tertiary/aromatic N) is 2. The maximum atomic E-state index is 11.6. The molecule has 0 unspecified atom stereocenters. The second-order valence-electron chi connectivity index (χ2n) is 5.08. The summed E-state index contributed by atoms with van der Waals surface area (Å²) in [6, 6.07) is 0. The molecule has 5 nitrogen and oxygen atoms in total. The smallest absolute Gasteiger partial charge is 0.288 e. The first-order chi connectivity index (χ1) is 9.36. The first-order valence-corrected chi connectivity index (χ1v) is 7.25. The van der Waals surface area contributed by atoms with Crippen LogP contribution in [-0.4, -0.2) is 42.0 Å². The summed E-state index contributed by atoms with van der Waals surface area (Å²) in [5.41, 5.74) is 0. The molecule has 106 valence electrons. The number of likely N-dealkylation sites (tertiary alicyclic amines) is 1. The van der Waals surface area contributed by atoms with E-state index in [1.165, 1.54) is 51.4 Å². The molecule has 0 aliphatic carbocycles. The van der Waals surface area contributed by atoms with E-state index >= 15 is 0 Å². The zero-order valence-corrected chi connectivity index (χ0v) is 11.4. The van der Waals surface area contributed by atoms with Gasteiger partial charge in [0.05, 0.1) is 6.20 Å². The van der Waals surface area contributed by atoms with E-state index in [9.17, 15) is 4.79 Å². The van der Waals surface area contributed by atoms with Crippen molar-refractivity contribution in [2.24, 2.45) is 0 Å². The van der Waals surface area contributed by atoms with Gasteiger partial charge in [0.2, 0.25) is 5.76 Å². The standard InChI is InChI=1S/C14H23N3O2/c18-14(13-11-15-12-19-13)16-7-3-6-10-17-8-4-1-2-5-9-17/h11-12H,1-10H2,(H,16,18). The van der Waals surface area contributed by atoms with Gasteiger partial charge in [-0.1, -0.05) is 12.8 Å². The van der Waals surface area contributed by atoms with Crippen molar-refractivity contribution < 1.29 is 9.21 Å². The minimum absolute atomic E-state index is 0.174. The van der Waals surface area contributed by atoms with E-state index in [0.717, 1.165) is 19.4 Å². The summed E-state index contributed by atoms with van der Waals surface area (Å²) < 4.78 is 4.93. The second-order valence-corrected chi connectivity index (χ2v) is 5.08. The Hall–Kier alpha value is -1.36. The van der Waals surface area contributed by atoms with Crippen LogP contribution in [-0.2, 0) is 0 Å². The zero-order chi connectivity index (χ0) is 13.3. The van der Waals surface area contributed by atoms with Crippen LogP contribution in [0.4, 0.5) is 0 Å². The summed E-state index contributed by atoms with van der Waals surface area (Å²) >= 11 is 0. The highest BCUT2D eigenvalue weighted by Gasteiger charge is 2.09. The van der Waals surface area contributed by atoms with Gasteiger partial charge in [-0.25, -0.2) is 4.98 Å². The summed E-state index contributed by atoms with van der Waals surface area (Å²) in [5.74, 6) is 0.111. The van der Waals surface area contributed by atoms with E-state index in [2.05, 4.69) is 15.2 Å². The average Bonchev–Trinajstić information content (AvgIpc) is 2.83. The van der Waals surface area contributed by atoms with Crippen LogP contribution in [0.5, 0.6) is 0 Å². The van der Waals surface area contributed by atoms with Crippen LogP contribution in [0.25, 0.3) is 0 Å². The Kier molecular flexibility index (Phi) is 5.88. The lowest BCUT2D eigenvalue weighted by atomic mass is 10.2. The number of oxazole rings is 1. The number of carbonyl (C=O) groups is 1. The Bertz CT molecular complexity index is 357. The third-order valence-electron chi connectivity index (χ3n) is 3.54. The van der Waals surface area contributed by atoms with Crippen LogP contribution in [0.3, 0.4) is 0 Å². The minimum atomic E-state index is -0.174. The van der Waals surface area contributed by atoms with Crippen LogP contribution in [0.1, 0.15) is 49.1 Å². The van der Waals surface area contributed by atoms with Gasteiger partial charge in [-0.05, 0) is 45.3 Å². The van der Waals surface area contributed by atoms with E-state index in [1.807, 2.05) is 0 Å². The van der Waals surface area contributed by atoms with Gasteiger partial charge in [-0.15, -0.1) is 0 Å². The summed E-state index contributed by atoms with van der Waals surface area (Å²) in [7, 11) is 0. The third kappa shape index (κ3) is 5.03. The van der Waals surface area contributed by atoms with Gasteiger partial charge in [-0.3, -0.25) is 4.79 Å². The number of aromatic nitrogens is 1. The monoisotopic (exact) mass is 265 g/mol. The van der Waals surface area contributed by atoms with Crippen LogP contribution >= 0.6 is 0 Å². The maximum absolute atomic E-state index is 11.6. The number of nitrogens with one attached hydrogen (secondary N) is 1. The molecule has 1 saturated heterocycles. The van der Waals surface area contributed by atoms with Crippen LogP contribution in [0, 0.1) is 0 Å². The Morgan fingerprint density at radius 2 is 2.05 bits per heavy atom. The van der Waals surface area contributed by atoms with Gasteiger partial charge in [0.1, 0.15) is 0 Å². The number of unbranched alkanes of at least 4 members (excludes halogenated alkanes) is 1. The highest BCUT2D eigenvalue weighted by Crippen LogP contribution is 2.10. The van der Waals surface area contributed by atoms with Crippen molar-refractivity contribution in [1.82, 2.24) is 15.2 Å². The Balaban J connectivity index is 1.53. The minimum Gasteiger partial charge on any atom is -0.438 e. The van der Waals surface area contributed by atoms with Crippen LogP contribution in [0.2, 0.25) is 0 Å². The number of amides is 1. The van der Waals surface area contributed by atoms with Crippen molar-refractivity contribution >= 4 is 5.91 Å². The third-order valence-corrected chi connectivity index (χ3v) is 3.54. The number of carbonyl (C=O) groups excluding carboxylic acids is 1. The molecular weight excluding hydrogens is 242 g/mol. The molecule has 1 amide bonds. The Labute approximate surface area is 114 Å². The predicted octanol–water partition coefficient (Wildman–Crippen LogP) is 2.06. The average molecular weight is 265 g/mol. The molecule has 0 saturated carbocycles. The van der Waals surface area contributed by atoms with E-state index < -0.39 is 0 Å². The Morgan fingerprint density at radius 1 is 1.26 bits per heavy atom. The Morgan fingerprint density at radius 3 is 2.74 bits per heavy atom. The van der Waals surface area contributed by atoms with E-state index in [0.29, 0.717) is 6.54 Å². The summed E-state index contributed by atoms with van der Waals surface area (Å²) in [6.07, 6.45) is 10.3. The highest BCUT2D eigenvalue weighted by molar-refractivity contribution is 5.90. The molecule has 1 aromatic rings. The van der Waals surface area contributed by atoms with Gasteiger partial charge < -0.3 is 14.6 Å². The number of hydrogen-bond donors (Lipinski definition) is 1. The summed E-state index contributed by atoms with van der Waals surface area (Å²) in [5, 5.41) is 2.84. The van der Waals surface area contributed by atoms with Crippen molar-refractivity contribution in [2.45, 2.75) is 38.5 Å². The lowest BCUT2D eigenvalue weighted by Gasteiger charge is -2.19. The fraction of sp³-hybridized carbons (Fsp3) is 0.714. The lowest BCUT2D eigenvalue weighted by molar-refractivity contribution is 0.0925. The SMILES string of the molecule is O=C(NCCCCN1CCCCCC1)c1cnco1. The van der Waals surface area contributed by atoms with Crippen LogP contribution in [0.15, 0.2) is 17.0 Å². The first-order valence-electron chi connectivity index (χ1n) is 7.25. The largest absolute Gasteiger partial charge is 0.438 e. The molecule has 5 heteroatoms. The van der Waals surface area contributed by atoms with E-state index in [1.54, 1.807) is 0 Å². The first kappa shape index (κ1) is 14.1. The fourth-order valence-corrected chi connectivity index (χ4v) is 2.44. The molecule has 19 heavy (non-hydrogen) atoms. The summed E-state index contributed by atoms with van der Waals surface area (Å²) in [4.78, 5) is 17.8.